The number of esters is 1. The number of carbonyl (C=O) groups is 2. The molecule has 0 radical (unpaired) electrons. The van der Waals surface area contributed by atoms with Crippen molar-refractivity contribution >= 4 is 11.9 Å². The minimum atomic E-state index is -0.589. The highest BCUT2D eigenvalue weighted by Crippen LogP contribution is 2.19. The highest BCUT2D eigenvalue weighted by atomic mass is 16.5. The van der Waals surface area contributed by atoms with E-state index >= 15 is 0 Å². The third-order valence-electron chi connectivity index (χ3n) is 3.59. The zero-order valence-corrected chi connectivity index (χ0v) is 12.5. The highest BCUT2D eigenvalue weighted by Gasteiger charge is 2.29. The van der Waals surface area contributed by atoms with E-state index in [2.05, 4.69) is 15.0 Å². The van der Waals surface area contributed by atoms with Gasteiger partial charge in [0.05, 0.1) is 13.7 Å². The van der Waals surface area contributed by atoms with Crippen LogP contribution in [0.5, 0.6) is 0 Å². The van der Waals surface area contributed by atoms with Crippen LogP contribution in [0.4, 0.5) is 0 Å². The second kappa shape index (κ2) is 6.66. The van der Waals surface area contributed by atoms with Gasteiger partial charge in [0, 0.05) is 20.2 Å². The number of nitrogens with zero attached hydrogens (tertiary/aromatic N) is 4. The first-order chi connectivity index (χ1) is 10.1. The Morgan fingerprint density at radius 2 is 1.95 bits per heavy atom. The zero-order chi connectivity index (χ0) is 15.4. The lowest BCUT2D eigenvalue weighted by atomic mass is 10.2. The summed E-state index contributed by atoms with van der Waals surface area (Å²) in [5, 5.41) is 7.76. The lowest BCUT2D eigenvalue weighted by molar-refractivity contribution is -0.133. The average molecular weight is 296 g/mol. The Hall–Kier alpha value is -1.96. The van der Waals surface area contributed by atoms with Crippen molar-refractivity contribution in [1.82, 2.24) is 19.9 Å². The van der Waals surface area contributed by atoms with E-state index in [0.29, 0.717) is 5.69 Å². The Kier molecular flexibility index (Phi) is 4.89. The molecule has 0 N–H and O–H groups in total. The average Bonchev–Trinajstić information content (AvgIpc) is 3.15. The molecule has 2 heterocycles. The number of carbonyl (C=O) groups excluding carboxylic acids is 2. The van der Waals surface area contributed by atoms with Gasteiger partial charge in [-0.25, -0.2) is 9.48 Å². The van der Waals surface area contributed by atoms with Crippen LogP contribution in [0.15, 0.2) is 0 Å². The van der Waals surface area contributed by atoms with Crippen LogP contribution in [-0.2, 0) is 20.9 Å². The molecule has 1 aromatic heterocycles. The molecule has 0 aromatic carbocycles. The monoisotopic (exact) mass is 296 g/mol. The molecule has 1 unspecified atom stereocenters. The third kappa shape index (κ3) is 3.05. The molecule has 2 rings (SSSR count). The fourth-order valence-corrected chi connectivity index (χ4v) is 2.46. The van der Waals surface area contributed by atoms with Gasteiger partial charge in [-0.1, -0.05) is 5.21 Å². The third-order valence-corrected chi connectivity index (χ3v) is 3.59. The van der Waals surface area contributed by atoms with Gasteiger partial charge in [-0.15, -0.1) is 5.10 Å². The molecule has 116 valence electrons. The van der Waals surface area contributed by atoms with E-state index in [0.717, 1.165) is 25.9 Å². The van der Waals surface area contributed by atoms with Crippen molar-refractivity contribution in [2.24, 2.45) is 0 Å². The van der Waals surface area contributed by atoms with Crippen LogP contribution in [-0.4, -0.2) is 59.1 Å². The van der Waals surface area contributed by atoms with Gasteiger partial charge in [0.25, 0.3) is 0 Å². The number of hydrogen-bond donors (Lipinski definition) is 0. The standard InChI is InChI=1S/C13H20N4O4/c1-9(12(18)16-6-4-5-7-16)17-10(8-20-2)11(14-15-17)13(19)21-3/h9H,4-8H2,1-3H3. The number of hydrogen-bond acceptors (Lipinski definition) is 6. The maximum Gasteiger partial charge on any atom is 0.360 e. The first kappa shape index (κ1) is 15.4. The lowest BCUT2D eigenvalue weighted by Gasteiger charge is -2.21. The fraction of sp³-hybridized carbons (Fsp3) is 0.692. The summed E-state index contributed by atoms with van der Waals surface area (Å²) >= 11 is 0. The Morgan fingerprint density at radius 3 is 2.52 bits per heavy atom. The van der Waals surface area contributed by atoms with Gasteiger partial charge in [-0.3, -0.25) is 4.79 Å². The molecule has 1 atom stereocenters. The normalized spacial score (nSPS) is 16.0. The molecule has 0 aliphatic carbocycles. The number of aromatic nitrogens is 3. The second-order valence-corrected chi connectivity index (χ2v) is 4.96. The van der Waals surface area contributed by atoms with Gasteiger partial charge in [0.15, 0.2) is 5.69 Å². The molecule has 1 amide bonds. The van der Waals surface area contributed by atoms with Crippen LogP contribution in [0, 0.1) is 0 Å². The smallest absolute Gasteiger partial charge is 0.360 e. The number of amides is 1. The first-order valence-electron chi connectivity index (χ1n) is 6.90. The van der Waals surface area contributed by atoms with E-state index in [1.165, 1.54) is 18.9 Å². The number of methoxy groups -OCH3 is 2. The molecule has 21 heavy (non-hydrogen) atoms. The minimum Gasteiger partial charge on any atom is -0.464 e. The molecule has 0 spiro atoms. The summed E-state index contributed by atoms with van der Waals surface area (Å²) < 4.78 is 11.2. The van der Waals surface area contributed by atoms with Crippen LogP contribution in [0.3, 0.4) is 0 Å². The van der Waals surface area contributed by atoms with E-state index in [-0.39, 0.29) is 18.2 Å². The first-order valence-corrected chi connectivity index (χ1v) is 6.90. The Balaban J connectivity index is 2.27. The zero-order valence-electron chi connectivity index (χ0n) is 12.5. The topological polar surface area (TPSA) is 86.5 Å². The molecule has 1 aliphatic heterocycles. The quantitative estimate of drug-likeness (QED) is 0.731. The van der Waals surface area contributed by atoms with Crippen molar-refractivity contribution in [2.75, 3.05) is 27.3 Å². The molecule has 1 fully saturated rings. The molecule has 1 aromatic rings. The van der Waals surface area contributed by atoms with Crippen LogP contribution < -0.4 is 0 Å². The SMILES string of the molecule is COCc1c(C(=O)OC)nnn1C(C)C(=O)N1CCCC1. The largest absolute Gasteiger partial charge is 0.464 e. The summed E-state index contributed by atoms with van der Waals surface area (Å²) in [5.74, 6) is -0.611. The number of rotatable bonds is 5. The van der Waals surface area contributed by atoms with Crippen molar-refractivity contribution in [3.05, 3.63) is 11.4 Å². The van der Waals surface area contributed by atoms with Crippen molar-refractivity contribution in [3.63, 3.8) is 0 Å². The molecule has 0 saturated carbocycles. The van der Waals surface area contributed by atoms with Crippen LogP contribution >= 0.6 is 0 Å². The fourth-order valence-electron chi connectivity index (χ4n) is 2.46. The molecule has 8 nitrogen and oxygen atoms in total. The van der Waals surface area contributed by atoms with Gasteiger partial charge >= 0.3 is 5.97 Å². The second-order valence-electron chi connectivity index (χ2n) is 4.96. The molecule has 8 heteroatoms. The van der Waals surface area contributed by atoms with Crippen LogP contribution in [0.25, 0.3) is 0 Å². The van der Waals surface area contributed by atoms with Crippen molar-refractivity contribution in [3.8, 4) is 0 Å². The predicted octanol–water partition coefficient (Wildman–Crippen LogP) is 0.394. The summed E-state index contributed by atoms with van der Waals surface area (Å²) in [5.41, 5.74) is 0.532. The van der Waals surface area contributed by atoms with Gasteiger partial charge in [0.2, 0.25) is 5.91 Å². The summed E-state index contributed by atoms with van der Waals surface area (Å²) in [6, 6.07) is -0.529. The summed E-state index contributed by atoms with van der Waals surface area (Å²) in [6.07, 6.45) is 2.04. The van der Waals surface area contributed by atoms with E-state index in [1.54, 1.807) is 11.8 Å². The Bertz CT molecular complexity index is 522. The molecule has 1 saturated heterocycles. The molecule has 1 aliphatic rings. The van der Waals surface area contributed by atoms with E-state index < -0.39 is 12.0 Å². The van der Waals surface area contributed by atoms with E-state index in [4.69, 9.17) is 4.74 Å². The Labute approximate surface area is 123 Å². The van der Waals surface area contributed by atoms with Gasteiger partial charge in [0.1, 0.15) is 11.7 Å². The van der Waals surface area contributed by atoms with E-state index in [9.17, 15) is 9.59 Å². The Morgan fingerprint density at radius 1 is 1.29 bits per heavy atom. The number of ether oxygens (including phenoxy) is 2. The van der Waals surface area contributed by atoms with Crippen molar-refractivity contribution < 1.29 is 19.1 Å². The number of likely N-dealkylation sites (tertiary alicyclic amines) is 1. The predicted molar refractivity (Wildman–Crippen MR) is 72.6 cm³/mol. The maximum absolute atomic E-state index is 12.4. The van der Waals surface area contributed by atoms with Crippen molar-refractivity contribution in [2.45, 2.75) is 32.4 Å². The molecular weight excluding hydrogens is 276 g/mol. The van der Waals surface area contributed by atoms with Crippen LogP contribution in [0.2, 0.25) is 0 Å². The minimum absolute atomic E-state index is 0.0221. The van der Waals surface area contributed by atoms with Gasteiger partial charge in [-0.2, -0.15) is 0 Å². The van der Waals surface area contributed by atoms with Gasteiger partial charge in [-0.05, 0) is 19.8 Å². The summed E-state index contributed by atoms with van der Waals surface area (Å²) in [6.45, 7) is 3.41. The lowest BCUT2D eigenvalue weighted by Crippen LogP contribution is -2.35. The van der Waals surface area contributed by atoms with Crippen molar-refractivity contribution in [1.29, 1.82) is 0 Å². The molecular formula is C13H20N4O4. The summed E-state index contributed by atoms with van der Waals surface area (Å²) in [4.78, 5) is 25.9. The van der Waals surface area contributed by atoms with Crippen LogP contribution in [0.1, 0.15) is 42.0 Å². The molecule has 0 bridgehead atoms. The van der Waals surface area contributed by atoms with Gasteiger partial charge < -0.3 is 14.4 Å². The van der Waals surface area contributed by atoms with E-state index in [1.807, 2.05) is 0 Å². The summed E-state index contributed by atoms with van der Waals surface area (Å²) in [7, 11) is 2.78. The maximum atomic E-state index is 12.4. The highest BCUT2D eigenvalue weighted by molar-refractivity contribution is 5.88.